The molecule has 90 heavy (non-hydrogen) atoms. The van der Waals surface area contributed by atoms with Crippen LogP contribution in [0.15, 0.2) is 144 Å². The predicted molar refractivity (Wildman–Crippen MR) is 361 cm³/mol. The first-order valence-corrected chi connectivity index (χ1v) is 34.3. The zero-order valence-corrected chi connectivity index (χ0v) is 54.7. The Morgan fingerprint density at radius 1 is 0.533 bits per heavy atom. The highest BCUT2D eigenvalue weighted by Crippen LogP contribution is 2.37. The van der Waals surface area contributed by atoms with Crippen LogP contribution in [0.3, 0.4) is 0 Å². The quantitative estimate of drug-likeness (QED) is 0.0861. The monoisotopic (exact) mass is 1250 g/mol. The number of rotatable bonds is 16. The zero-order valence-electron chi connectivity index (χ0n) is 53.1. The fourth-order valence-corrected chi connectivity index (χ4v) is 15.4. The molecule has 474 valence electrons. The Labute approximate surface area is 533 Å². The number of nitrogens with two attached hydrogens (primary N) is 2. The number of piperidine rings is 2. The van der Waals surface area contributed by atoms with Crippen LogP contribution in [0, 0.1) is 62.2 Å². The SMILES string of the molecule is C=CCN(c1cc(C(=O)N2CCN(c3ccccc3S(N)(=O)=O)CC2)c(C)cc1C)C1CCN(c2ccccc2C#N)CC1C.CCCN(c1cc(C(=O)N2CCN(c3ccccc3S(N)(=O)=O)CC2)c(C)cc1C)C1CCN(c2ccccc2C#N)CC1C. The second kappa shape index (κ2) is 28.6. The number of sulfonamides is 2. The summed E-state index contributed by atoms with van der Waals surface area (Å²) in [5.74, 6) is 0.631. The van der Waals surface area contributed by atoms with E-state index in [-0.39, 0.29) is 27.6 Å². The number of hydrogen-bond donors (Lipinski definition) is 2. The largest absolute Gasteiger partial charge is 0.370 e. The summed E-state index contributed by atoms with van der Waals surface area (Å²) in [5.41, 5.74) is 12.2. The fraction of sp³-hybridized carbons (Fsp3) is 0.400. The number of carbonyl (C=O) groups is 2. The van der Waals surface area contributed by atoms with Gasteiger partial charge < -0.3 is 39.2 Å². The molecule has 4 aliphatic rings. The first-order chi connectivity index (χ1) is 43.1. The standard InChI is InChI=1S/C35H44N6O3S.C35H42N6O3S/c2*1-5-15-41(30-14-16-40(24-27(30)4)31-11-7-6-10-28(31)23-36)33-22-29(25(2)21-26(33)3)35(42)39-19-17-38(18-20-39)32-12-8-9-13-34(32)45(37,43)44/h6-13,21-22,27,30H,5,14-20,24H2,1-4H3,(H2,37,43,44);5-13,21-22,27,30H,1,14-20,24H2,2-4H3,(H2,37,43,44). The van der Waals surface area contributed by atoms with Gasteiger partial charge in [0, 0.05) is 126 Å². The van der Waals surface area contributed by atoms with Crippen LogP contribution in [0.25, 0.3) is 0 Å². The molecule has 4 fully saturated rings. The molecule has 18 nitrogen and oxygen atoms in total. The van der Waals surface area contributed by atoms with Crippen LogP contribution in [0.2, 0.25) is 0 Å². The third-order valence-corrected chi connectivity index (χ3v) is 20.3. The summed E-state index contributed by atoms with van der Waals surface area (Å²) >= 11 is 0. The topological polar surface area (TPSA) is 228 Å². The Bertz CT molecular complexity index is 3920. The van der Waals surface area contributed by atoms with E-state index in [4.69, 9.17) is 10.3 Å². The molecule has 0 spiro atoms. The minimum atomic E-state index is -3.87. The van der Waals surface area contributed by atoms with Crippen molar-refractivity contribution in [1.82, 2.24) is 9.80 Å². The van der Waals surface area contributed by atoms with Gasteiger partial charge in [0.25, 0.3) is 11.8 Å². The van der Waals surface area contributed by atoms with Crippen LogP contribution >= 0.6 is 0 Å². The fourth-order valence-electron chi connectivity index (χ4n) is 13.9. The van der Waals surface area contributed by atoms with Crippen molar-refractivity contribution < 1.29 is 26.4 Å². The van der Waals surface area contributed by atoms with E-state index >= 15 is 0 Å². The highest BCUT2D eigenvalue weighted by molar-refractivity contribution is 7.89. The number of para-hydroxylation sites is 4. The lowest BCUT2D eigenvalue weighted by molar-refractivity contribution is 0.0738. The van der Waals surface area contributed by atoms with Crippen molar-refractivity contribution in [2.75, 3.05) is 121 Å². The lowest BCUT2D eigenvalue weighted by Gasteiger charge is -2.45. The molecule has 4 atom stereocenters. The van der Waals surface area contributed by atoms with Gasteiger partial charge in [-0.2, -0.15) is 10.5 Å². The molecule has 10 rings (SSSR count). The van der Waals surface area contributed by atoms with Gasteiger partial charge in [-0.3, -0.25) is 9.59 Å². The molecule has 4 saturated heterocycles. The first-order valence-electron chi connectivity index (χ1n) is 31.2. The Morgan fingerprint density at radius 2 is 0.900 bits per heavy atom. The molecule has 0 radical (unpaired) electrons. The number of aryl methyl sites for hydroxylation is 4. The molecular weight excluding hydrogens is 1170 g/mol. The highest BCUT2D eigenvalue weighted by atomic mass is 32.2. The maximum absolute atomic E-state index is 14.0. The highest BCUT2D eigenvalue weighted by Gasteiger charge is 2.36. The van der Waals surface area contributed by atoms with E-state index in [0.29, 0.717) is 110 Å². The summed E-state index contributed by atoms with van der Waals surface area (Å²) in [7, 11) is -7.73. The Morgan fingerprint density at radius 3 is 1.27 bits per heavy atom. The maximum Gasteiger partial charge on any atom is 0.254 e. The number of amides is 2. The third-order valence-electron chi connectivity index (χ3n) is 18.4. The first kappa shape index (κ1) is 66.0. The number of piperazine rings is 2. The van der Waals surface area contributed by atoms with E-state index in [0.717, 1.165) is 97.0 Å². The van der Waals surface area contributed by atoms with Gasteiger partial charge in [-0.05, 0) is 142 Å². The third kappa shape index (κ3) is 14.6. The maximum atomic E-state index is 14.0. The van der Waals surface area contributed by atoms with E-state index in [1.807, 2.05) is 94.1 Å². The van der Waals surface area contributed by atoms with Crippen LogP contribution in [0.4, 0.5) is 34.1 Å². The van der Waals surface area contributed by atoms with E-state index in [2.05, 4.69) is 91.1 Å². The van der Waals surface area contributed by atoms with Gasteiger partial charge in [0.05, 0.1) is 33.9 Å². The van der Waals surface area contributed by atoms with Crippen molar-refractivity contribution in [3.05, 3.63) is 178 Å². The Kier molecular flexibility index (Phi) is 21.0. The van der Waals surface area contributed by atoms with Crippen molar-refractivity contribution in [3.63, 3.8) is 0 Å². The summed E-state index contributed by atoms with van der Waals surface area (Å²) in [6.07, 6.45) is 4.78. The number of nitriles is 2. The van der Waals surface area contributed by atoms with E-state index in [1.54, 1.807) is 36.4 Å². The van der Waals surface area contributed by atoms with Crippen molar-refractivity contribution in [3.8, 4) is 12.1 Å². The summed E-state index contributed by atoms with van der Waals surface area (Å²) in [6, 6.07) is 42.7. The number of anilines is 6. The molecule has 20 heteroatoms. The molecular formula is C70H86N12O6S2. The van der Waals surface area contributed by atoms with Crippen LogP contribution in [-0.2, 0) is 20.0 Å². The average Bonchev–Trinajstić information content (AvgIpc) is 0.917. The van der Waals surface area contributed by atoms with Gasteiger partial charge in [0.15, 0.2) is 0 Å². The van der Waals surface area contributed by atoms with E-state index < -0.39 is 20.0 Å². The van der Waals surface area contributed by atoms with Gasteiger partial charge in [-0.1, -0.05) is 87.5 Å². The summed E-state index contributed by atoms with van der Waals surface area (Å²) in [6.45, 7) is 27.9. The van der Waals surface area contributed by atoms with Gasteiger partial charge in [0.1, 0.15) is 21.9 Å². The molecule has 4 N–H and O–H groups in total. The minimum Gasteiger partial charge on any atom is -0.370 e. The lowest BCUT2D eigenvalue weighted by atomic mass is 9.90. The molecule has 0 aliphatic carbocycles. The summed E-state index contributed by atoms with van der Waals surface area (Å²) in [4.78, 5) is 45.4. The number of benzene rings is 6. The molecule has 2 amide bonds. The molecule has 4 unspecified atom stereocenters. The zero-order chi connectivity index (χ0) is 64.6. The van der Waals surface area contributed by atoms with Crippen molar-refractivity contribution >= 4 is 66.0 Å². The Balaban J connectivity index is 0.000000213. The summed E-state index contributed by atoms with van der Waals surface area (Å²) in [5, 5.41) is 30.2. The van der Waals surface area contributed by atoms with Gasteiger partial charge in [-0.25, -0.2) is 27.1 Å². The van der Waals surface area contributed by atoms with Gasteiger partial charge in [-0.15, -0.1) is 6.58 Å². The molecule has 0 aromatic heterocycles. The average molecular weight is 1260 g/mol. The number of primary sulfonamides is 2. The molecule has 0 saturated carbocycles. The summed E-state index contributed by atoms with van der Waals surface area (Å²) < 4.78 is 48.6. The Hall–Kier alpha value is -8.40. The van der Waals surface area contributed by atoms with Crippen LogP contribution in [0.1, 0.15) is 94.1 Å². The van der Waals surface area contributed by atoms with Crippen molar-refractivity contribution in [1.29, 1.82) is 10.5 Å². The number of hydrogen-bond acceptors (Lipinski definition) is 14. The molecule has 6 aromatic rings. The van der Waals surface area contributed by atoms with E-state index in [9.17, 15) is 36.9 Å². The van der Waals surface area contributed by atoms with Gasteiger partial charge in [0.2, 0.25) is 20.0 Å². The lowest BCUT2D eigenvalue weighted by Crippen LogP contribution is -2.51. The van der Waals surface area contributed by atoms with Gasteiger partial charge >= 0.3 is 0 Å². The van der Waals surface area contributed by atoms with Crippen LogP contribution in [-0.4, -0.2) is 142 Å². The minimum absolute atomic E-state index is 0.000517. The molecule has 4 aliphatic heterocycles. The second-order valence-electron chi connectivity index (χ2n) is 24.4. The molecule has 6 aromatic carbocycles. The van der Waals surface area contributed by atoms with Crippen LogP contribution < -0.4 is 39.7 Å². The molecule has 0 bridgehead atoms. The predicted octanol–water partition coefficient (Wildman–Crippen LogP) is 9.61. The van der Waals surface area contributed by atoms with E-state index in [1.165, 1.54) is 12.1 Å². The van der Waals surface area contributed by atoms with Crippen molar-refractivity contribution in [2.24, 2.45) is 22.1 Å². The smallest absolute Gasteiger partial charge is 0.254 e. The second-order valence-corrected chi connectivity index (χ2v) is 27.5. The number of carbonyl (C=O) groups excluding carboxylic acids is 2. The molecule has 4 heterocycles. The number of nitrogens with zero attached hydrogens (tertiary/aromatic N) is 10. The van der Waals surface area contributed by atoms with Crippen LogP contribution in [0.5, 0.6) is 0 Å². The van der Waals surface area contributed by atoms with Crippen molar-refractivity contribution in [2.45, 2.75) is 89.6 Å². The normalized spacial score (nSPS) is 18.8.